The lowest BCUT2D eigenvalue weighted by Gasteiger charge is -2.34. The van der Waals surface area contributed by atoms with Crippen molar-refractivity contribution in [3.63, 3.8) is 0 Å². The molecule has 0 bridgehead atoms. The molecule has 1 atom stereocenters. The lowest BCUT2D eigenvalue weighted by Crippen LogP contribution is -2.53. The third-order valence-electron chi connectivity index (χ3n) is 5.04. The standard InChI is InChI=1S/C19H27N3O2.ClH/c1-13(2)19(24)22-9-7-16(8-10-22)21-18(23)17-11-14-5-3-4-6-15(14)12-20-17;/h3-6,13,16-17,20H,7-12H2,1-2H3,(H,21,23);1H. The number of fused-ring (bicyclic) bond motifs is 1. The van der Waals surface area contributed by atoms with E-state index in [-0.39, 0.29) is 42.2 Å². The monoisotopic (exact) mass is 365 g/mol. The van der Waals surface area contributed by atoms with Crippen LogP contribution in [0.5, 0.6) is 0 Å². The van der Waals surface area contributed by atoms with Crippen molar-refractivity contribution in [2.45, 2.75) is 51.7 Å². The fraction of sp³-hybridized carbons (Fsp3) is 0.579. The van der Waals surface area contributed by atoms with Crippen LogP contribution in [0.4, 0.5) is 0 Å². The first-order valence-electron chi connectivity index (χ1n) is 8.94. The maximum absolute atomic E-state index is 12.5. The van der Waals surface area contributed by atoms with Crippen molar-refractivity contribution in [2.24, 2.45) is 5.92 Å². The zero-order valence-corrected chi connectivity index (χ0v) is 15.8. The van der Waals surface area contributed by atoms with Gasteiger partial charge in [0.2, 0.25) is 11.8 Å². The largest absolute Gasteiger partial charge is 0.352 e. The molecule has 3 rings (SSSR count). The average Bonchev–Trinajstić information content (AvgIpc) is 2.61. The highest BCUT2D eigenvalue weighted by Gasteiger charge is 2.28. The Balaban J connectivity index is 0.00000225. The van der Waals surface area contributed by atoms with Gasteiger partial charge in [0.1, 0.15) is 0 Å². The molecule has 0 aliphatic carbocycles. The number of halogens is 1. The van der Waals surface area contributed by atoms with Crippen LogP contribution in [0.3, 0.4) is 0 Å². The van der Waals surface area contributed by atoms with Gasteiger partial charge >= 0.3 is 0 Å². The molecule has 1 aromatic carbocycles. The second-order valence-electron chi connectivity index (χ2n) is 7.17. The molecule has 2 heterocycles. The molecule has 1 saturated heterocycles. The summed E-state index contributed by atoms with van der Waals surface area (Å²) in [5.41, 5.74) is 2.54. The molecule has 5 nitrogen and oxygen atoms in total. The normalized spacial score (nSPS) is 20.6. The summed E-state index contributed by atoms with van der Waals surface area (Å²) in [5, 5.41) is 6.50. The fourth-order valence-corrected chi connectivity index (χ4v) is 3.55. The molecule has 1 fully saturated rings. The molecular formula is C19H28ClN3O2. The van der Waals surface area contributed by atoms with Gasteiger partial charge in [0.05, 0.1) is 6.04 Å². The minimum Gasteiger partial charge on any atom is -0.352 e. The summed E-state index contributed by atoms with van der Waals surface area (Å²) >= 11 is 0. The second kappa shape index (κ2) is 8.68. The van der Waals surface area contributed by atoms with Gasteiger partial charge in [-0.25, -0.2) is 0 Å². The number of hydrogen-bond donors (Lipinski definition) is 2. The van der Waals surface area contributed by atoms with E-state index >= 15 is 0 Å². The minimum atomic E-state index is -0.157. The quantitative estimate of drug-likeness (QED) is 0.859. The topological polar surface area (TPSA) is 61.4 Å². The third kappa shape index (κ3) is 4.73. The minimum absolute atomic E-state index is 0. The molecule has 25 heavy (non-hydrogen) atoms. The molecule has 2 N–H and O–H groups in total. The summed E-state index contributed by atoms with van der Waals surface area (Å²) in [7, 11) is 0. The Morgan fingerprint density at radius 3 is 2.44 bits per heavy atom. The Morgan fingerprint density at radius 2 is 1.80 bits per heavy atom. The van der Waals surface area contributed by atoms with Gasteiger partial charge in [0.15, 0.2) is 0 Å². The van der Waals surface area contributed by atoms with Crippen LogP contribution in [0.1, 0.15) is 37.8 Å². The molecule has 6 heteroatoms. The molecule has 0 saturated carbocycles. The number of hydrogen-bond acceptors (Lipinski definition) is 3. The van der Waals surface area contributed by atoms with Gasteiger partial charge in [-0.3, -0.25) is 9.59 Å². The summed E-state index contributed by atoms with van der Waals surface area (Å²) in [6.07, 6.45) is 2.42. The van der Waals surface area contributed by atoms with Crippen molar-refractivity contribution in [3.05, 3.63) is 35.4 Å². The molecule has 2 aliphatic heterocycles. The SMILES string of the molecule is CC(C)C(=O)N1CCC(NC(=O)C2Cc3ccccc3CN2)CC1.Cl. The number of likely N-dealkylation sites (tertiary alicyclic amines) is 1. The van der Waals surface area contributed by atoms with Crippen LogP contribution in [0, 0.1) is 5.92 Å². The Labute approximate surface area is 155 Å². The van der Waals surface area contributed by atoms with Crippen molar-refractivity contribution in [2.75, 3.05) is 13.1 Å². The van der Waals surface area contributed by atoms with Crippen molar-refractivity contribution < 1.29 is 9.59 Å². The van der Waals surface area contributed by atoms with Crippen molar-refractivity contribution in [1.82, 2.24) is 15.5 Å². The summed E-state index contributed by atoms with van der Waals surface area (Å²) in [5.74, 6) is 0.339. The van der Waals surface area contributed by atoms with E-state index in [0.717, 1.165) is 38.9 Å². The Kier molecular flexibility index (Phi) is 6.85. The molecule has 1 aromatic rings. The maximum atomic E-state index is 12.5. The molecule has 138 valence electrons. The number of piperidine rings is 1. The van der Waals surface area contributed by atoms with Gasteiger partial charge in [-0.05, 0) is 30.4 Å². The van der Waals surface area contributed by atoms with Gasteiger partial charge in [-0.2, -0.15) is 0 Å². The van der Waals surface area contributed by atoms with Crippen molar-refractivity contribution in [1.29, 1.82) is 0 Å². The average molecular weight is 366 g/mol. The van der Waals surface area contributed by atoms with Crippen LogP contribution >= 0.6 is 12.4 Å². The highest BCUT2D eigenvalue weighted by Crippen LogP contribution is 2.17. The van der Waals surface area contributed by atoms with E-state index in [1.54, 1.807) is 0 Å². The van der Waals surface area contributed by atoms with E-state index in [0.29, 0.717) is 0 Å². The highest BCUT2D eigenvalue weighted by atomic mass is 35.5. The van der Waals surface area contributed by atoms with Crippen LogP contribution in [0.15, 0.2) is 24.3 Å². The van der Waals surface area contributed by atoms with E-state index < -0.39 is 0 Å². The number of carbonyl (C=O) groups excluding carboxylic acids is 2. The van der Waals surface area contributed by atoms with Crippen LogP contribution in [-0.2, 0) is 22.6 Å². The first-order chi connectivity index (χ1) is 11.5. The predicted octanol–water partition coefficient (Wildman–Crippen LogP) is 1.89. The van der Waals surface area contributed by atoms with E-state index in [2.05, 4.69) is 22.8 Å². The summed E-state index contributed by atoms with van der Waals surface area (Å²) in [4.78, 5) is 26.5. The fourth-order valence-electron chi connectivity index (χ4n) is 3.55. The van der Waals surface area contributed by atoms with Gasteiger partial charge in [-0.15, -0.1) is 12.4 Å². The van der Waals surface area contributed by atoms with Gasteiger partial charge in [0.25, 0.3) is 0 Å². The second-order valence-corrected chi connectivity index (χ2v) is 7.17. The van der Waals surface area contributed by atoms with Gasteiger partial charge in [-0.1, -0.05) is 38.1 Å². The smallest absolute Gasteiger partial charge is 0.237 e. The van der Waals surface area contributed by atoms with Crippen LogP contribution in [0.25, 0.3) is 0 Å². The van der Waals surface area contributed by atoms with Crippen molar-refractivity contribution >= 4 is 24.2 Å². The van der Waals surface area contributed by atoms with Gasteiger partial charge in [0, 0.05) is 31.6 Å². The number of benzene rings is 1. The lowest BCUT2D eigenvalue weighted by atomic mass is 9.95. The molecular weight excluding hydrogens is 338 g/mol. The van der Waals surface area contributed by atoms with E-state index in [1.165, 1.54) is 11.1 Å². The first-order valence-corrected chi connectivity index (χ1v) is 8.94. The Bertz CT molecular complexity index is 612. The zero-order valence-electron chi connectivity index (χ0n) is 15.0. The number of carbonyl (C=O) groups is 2. The number of nitrogens with one attached hydrogen (secondary N) is 2. The van der Waals surface area contributed by atoms with Crippen LogP contribution in [-0.4, -0.2) is 41.9 Å². The molecule has 2 amide bonds. The number of rotatable bonds is 3. The third-order valence-corrected chi connectivity index (χ3v) is 5.04. The Morgan fingerprint density at radius 1 is 1.16 bits per heavy atom. The first kappa shape index (κ1) is 19.7. The van der Waals surface area contributed by atoms with Crippen LogP contribution < -0.4 is 10.6 Å². The summed E-state index contributed by atoms with van der Waals surface area (Å²) in [6, 6.07) is 8.29. The molecule has 0 spiro atoms. The van der Waals surface area contributed by atoms with Crippen molar-refractivity contribution in [3.8, 4) is 0 Å². The Hall–Kier alpha value is -1.59. The highest BCUT2D eigenvalue weighted by molar-refractivity contribution is 5.85. The predicted molar refractivity (Wildman–Crippen MR) is 101 cm³/mol. The van der Waals surface area contributed by atoms with E-state index in [1.807, 2.05) is 30.9 Å². The molecule has 0 radical (unpaired) electrons. The number of nitrogens with zero attached hydrogens (tertiary/aromatic N) is 1. The summed E-state index contributed by atoms with van der Waals surface area (Å²) < 4.78 is 0. The zero-order chi connectivity index (χ0) is 17.1. The number of amides is 2. The van der Waals surface area contributed by atoms with E-state index in [4.69, 9.17) is 0 Å². The molecule has 0 aromatic heterocycles. The molecule has 1 unspecified atom stereocenters. The van der Waals surface area contributed by atoms with E-state index in [9.17, 15) is 9.59 Å². The maximum Gasteiger partial charge on any atom is 0.237 e. The van der Waals surface area contributed by atoms with Gasteiger partial charge < -0.3 is 15.5 Å². The summed E-state index contributed by atoms with van der Waals surface area (Å²) in [6.45, 7) is 6.09. The molecule has 2 aliphatic rings. The van der Waals surface area contributed by atoms with Crippen LogP contribution in [0.2, 0.25) is 0 Å². The lowest BCUT2D eigenvalue weighted by molar-refractivity contribution is -0.135.